The smallest absolute Gasteiger partial charge is 0.270 e. The number of nitrogens with one attached hydrogen (secondary N) is 1. The average Bonchev–Trinajstić information content (AvgIpc) is 2.28. The van der Waals surface area contributed by atoms with Crippen molar-refractivity contribution in [1.82, 2.24) is 0 Å². The molecule has 0 radical (unpaired) electrons. The normalized spacial score (nSPS) is 10.0. The lowest BCUT2D eigenvalue weighted by Crippen LogP contribution is -2.06. The van der Waals surface area contributed by atoms with Crippen molar-refractivity contribution in [2.45, 2.75) is 20.3 Å². The molecule has 1 aromatic rings. The lowest BCUT2D eigenvalue weighted by molar-refractivity contribution is -0.384. The fourth-order valence-corrected chi connectivity index (χ4v) is 1.39. The second-order valence-electron chi connectivity index (χ2n) is 4.21. The van der Waals surface area contributed by atoms with E-state index in [0.717, 1.165) is 13.0 Å². The SMILES string of the molecule is CC(C)CCNc1ccc([N+](=O)[O-])cc1C#N. The summed E-state index contributed by atoms with van der Waals surface area (Å²) in [6.45, 7) is 4.98. The van der Waals surface area contributed by atoms with Crippen LogP contribution < -0.4 is 5.32 Å². The number of benzene rings is 1. The van der Waals surface area contributed by atoms with Crippen molar-refractivity contribution in [3.8, 4) is 6.07 Å². The molecule has 0 aliphatic heterocycles. The molecular weight excluding hydrogens is 218 g/mol. The van der Waals surface area contributed by atoms with Crippen LogP contribution in [0, 0.1) is 27.4 Å². The Labute approximate surface area is 100 Å². The second kappa shape index (κ2) is 5.85. The molecule has 5 nitrogen and oxygen atoms in total. The van der Waals surface area contributed by atoms with E-state index in [-0.39, 0.29) is 5.69 Å². The Bertz CT molecular complexity index is 450. The molecule has 5 heteroatoms. The Morgan fingerprint density at radius 2 is 2.24 bits per heavy atom. The van der Waals surface area contributed by atoms with E-state index in [4.69, 9.17) is 5.26 Å². The van der Waals surface area contributed by atoms with E-state index in [9.17, 15) is 10.1 Å². The van der Waals surface area contributed by atoms with Gasteiger partial charge < -0.3 is 5.32 Å². The second-order valence-corrected chi connectivity index (χ2v) is 4.21. The molecule has 0 saturated carbocycles. The molecule has 0 atom stereocenters. The van der Waals surface area contributed by atoms with Crippen LogP contribution in [-0.4, -0.2) is 11.5 Å². The van der Waals surface area contributed by atoms with Crippen LogP contribution >= 0.6 is 0 Å². The lowest BCUT2D eigenvalue weighted by atomic mass is 10.1. The summed E-state index contributed by atoms with van der Waals surface area (Å²) >= 11 is 0. The van der Waals surface area contributed by atoms with Crippen LogP contribution in [0.1, 0.15) is 25.8 Å². The Morgan fingerprint density at radius 1 is 1.53 bits per heavy atom. The van der Waals surface area contributed by atoms with E-state index in [1.807, 2.05) is 6.07 Å². The van der Waals surface area contributed by atoms with Crippen LogP contribution in [0.4, 0.5) is 11.4 Å². The summed E-state index contributed by atoms with van der Waals surface area (Å²) < 4.78 is 0. The quantitative estimate of drug-likeness (QED) is 0.626. The number of nitro groups is 1. The molecule has 0 amide bonds. The summed E-state index contributed by atoms with van der Waals surface area (Å²) in [5.41, 5.74) is 0.901. The van der Waals surface area contributed by atoms with E-state index in [0.29, 0.717) is 17.2 Å². The predicted molar refractivity (Wildman–Crippen MR) is 65.8 cm³/mol. The Kier molecular flexibility index (Phi) is 4.46. The van der Waals surface area contributed by atoms with Gasteiger partial charge in [0.25, 0.3) is 5.69 Å². The van der Waals surface area contributed by atoms with E-state index in [1.165, 1.54) is 12.1 Å². The number of hydrogen-bond acceptors (Lipinski definition) is 4. The first kappa shape index (κ1) is 13.0. The van der Waals surface area contributed by atoms with E-state index < -0.39 is 4.92 Å². The molecule has 0 aliphatic rings. The monoisotopic (exact) mass is 233 g/mol. The number of hydrogen-bond donors (Lipinski definition) is 1. The fraction of sp³-hybridized carbons (Fsp3) is 0.417. The first-order valence-corrected chi connectivity index (χ1v) is 5.47. The molecule has 0 heterocycles. The van der Waals surface area contributed by atoms with Gasteiger partial charge in [0, 0.05) is 18.7 Å². The molecule has 0 bridgehead atoms. The third kappa shape index (κ3) is 3.76. The third-order valence-corrected chi connectivity index (χ3v) is 2.37. The number of non-ortho nitro benzene ring substituents is 1. The van der Waals surface area contributed by atoms with Crippen LogP contribution in [0.5, 0.6) is 0 Å². The molecule has 0 aromatic heterocycles. The predicted octanol–water partition coefficient (Wildman–Crippen LogP) is 2.92. The minimum absolute atomic E-state index is 0.0593. The first-order chi connectivity index (χ1) is 8.04. The summed E-state index contributed by atoms with van der Waals surface area (Å²) in [6.07, 6.45) is 0.988. The fourth-order valence-electron chi connectivity index (χ4n) is 1.39. The van der Waals surface area contributed by atoms with Crippen LogP contribution in [0.3, 0.4) is 0 Å². The van der Waals surface area contributed by atoms with Gasteiger partial charge in [0.2, 0.25) is 0 Å². The van der Waals surface area contributed by atoms with Gasteiger partial charge in [-0.3, -0.25) is 10.1 Å². The minimum Gasteiger partial charge on any atom is -0.384 e. The van der Waals surface area contributed by atoms with Gasteiger partial charge in [-0.25, -0.2) is 0 Å². The molecule has 1 rings (SSSR count). The van der Waals surface area contributed by atoms with Gasteiger partial charge >= 0.3 is 0 Å². The summed E-state index contributed by atoms with van der Waals surface area (Å²) in [4.78, 5) is 10.1. The summed E-state index contributed by atoms with van der Waals surface area (Å²) in [7, 11) is 0. The molecule has 90 valence electrons. The number of nitrogens with zero attached hydrogens (tertiary/aromatic N) is 2. The number of rotatable bonds is 5. The van der Waals surface area contributed by atoms with Crippen LogP contribution in [0.15, 0.2) is 18.2 Å². The maximum atomic E-state index is 10.6. The molecule has 1 N–H and O–H groups in total. The molecule has 0 unspecified atom stereocenters. The number of nitriles is 1. The summed E-state index contributed by atoms with van der Waals surface area (Å²) in [5, 5.41) is 22.6. The maximum absolute atomic E-state index is 10.6. The standard InChI is InChI=1S/C12H15N3O2/c1-9(2)5-6-14-12-4-3-11(15(16)17)7-10(12)8-13/h3-4,7,9,14H,5-6H2,1-2H3. The van der Waals surface area contributed by atoms with Crippen molar-refractivity contribution >= 4 is 11.4 Å². The largest absolute Gasteiger partial charge is 0.384 e. The highest BCUT2D eigenvalue weighted by molar-refractivity contribution is 5.61. The van der Waals surface area contributed by atoms with E-state index >= 15 is 0 Å². The number of nitro benzene ring substituents is 1. The molecule has 0 spiro atoms. The van der Waals surface area contributed by atoms with Crippen molar-refractivity contribution in [2.75, 3.05) is 11.9 Å². The van der Waals surface area contributed by atoms with Gasteiger partial charge in [-0.1, -0.05) is 13.8 Å². The number of anilines is 1. The van der Waals surface area contributed by atoms with Gasteiger partial charge in [-0.2, -0.15) is 5.26 Å². The average molecular weight is 233 g/mol. The first-order valence-electron chi connectivity index (χ1n) is 5.47. The van der Waals surface area contributed by atoms with Gasteiger partial charge in [0.1, 0.15) is 6.07 Å². The molecule has 0 fully saturated rings. The molecule has 1 aromatic carbocycles. The summed E-state index contributed by atoms with van der Waals surface area (Å²) in [6, 6.07) is 6.23. The van der Waals surface area contributed by atoms with E-state index in [1.54, 1.807) is 6.07 Å². The van der Waals surface area contributed by atoms with Crippen molar-refractivity contribution < 1.29 is 4.92 Å². The Balaban J connectivity index is 2.79. The van der Waals surface area contributed by atoms with Crippen molar-refractivity contribution in [3.05, 3.63) is 33.9 Å². The molecule has 17 heavy (non-hydrogen) atoms. The van der Waals surface area contributed by atoms with Crippen molar-refractivity contribution in [1.29, 1.82) is 5.26 Å². The van der Waals surface area contributed by atoms with Gasteiger partial charge in [-0.05, 0) is 18.4 Å². The third-order valence-electron chi connectivity index (χ3n) is 2.37. The van der Waals surface area contributed by atoms with Gasteiger partial charge in [-0.15, -0.1) is 0 Å². The maximum Gasteiger partial charge on any atom is 0.270 e. The van der Waals surface area contributed by atoms with Crippen molar-refractivity contribution in [2.24, 2.45) is 5.92 Å². The Morgan fingerprint density at radius 3 is 2.76 bits per heavy atom. The van der Waals surface area contributed by atoms with Crippen LogP contribution in [0.25, 0.3) is 0 Å². The summed E-state index contributed by atoms with van der Waals surface area (Å²) in [5.74, 6) is 0.575. The zero-order valence-electron chi connectivity index (χ0n) is 9.93. The Hall–Kier alpha value is -2.09. The van der Waals surface area contributed by atoms with Crippen molar-refractivity contribution in [3.63, 3.8) is 0 Å². The minimum atomic E-state index is -0.501. The highest BCUT2D eigenvalue weighted by Gasteiger charge is 2.10. The van der Waals surface area contributed by atoms with Crippen LogP contribution in [-0.2, 0) is 0 Å². The van der Waals surface area contributed by atoms with E-state index in [2.05, 4.69) is 19.2 Å². The van der Waals surface area contributed by atoms with Gasteiger partial charge in [0.15, 0.2) is 0 Å². The zero-order chi connectivity index (χ0) is 12.8. The highest BCUT2D eigenvalue weighted by atomic mass is 16.6. The van der Waals surface area contributed by atoms with Gasteiger partial charge in [0.05, 0.1) is 16.2 Å². The lowest BCUT2D eigenvalue weighted by Gasteiger charge is -2.09. The van der Waals surface area contributed by atoms with Crippen LogP contribution in [0.2, 0.25) is 0 Å². The molecular formula is C12H15N3O2. The molecule has 0 aliphatic carbocycles. The zero-order valence-corrected chi connectivity index (χ0v) is 9.93. The highest BCUT2D eigenvalue weighted by Crippen LogP contribution is 2.21. The topological polar surface area (TPSA) is 79.0 Å². The molecule has 0 saturated heterocycles.